The molecule has 0 amide bonds. The molecule has 0 atom stereocenters. The Kier molecular flexibility index (Phi) is 4.81. The number of aliphatic hydroxyl groups excluding tert-OH is 1. The van der Waals surface area contributed by atoms with Crippen LogP contribution in [-0.2, 0) is 13.1 Å². The molecule has 0 aliphatic carbocycles. The molecular formula is C19H20FN3O2. The molecular weight excluding hydrogens is 321 g/mol. The van der Waals surface area contributed by atoms with E-state index in [0.717, 1.165) is 5.56 Å². The Bertz CT molecular complexity index is 969. The van der Waals surface area contributed by atoms with E-state index in [1.807, 2.05) is 13.0 Å². The number of rotatable bonds is 5. The monoisotopic (exact) mass is 341 g/mol. The van der Waals surface area contributed by atoms with E-state index in [4.69, 9.17) is 0 Å². The number of para-hydroxylation sites is 1. The van der Waals surface area contributed by atoms with Gasteiger partial charge in [0.15, 0.2) is 0 Å². The van der Waals surface area contributed by atoms with Crippen molar-refractivity contribution in [2.75, 3.05) is 18.6 Å². The number of aliphatic hydroxyl groups is 1. The summed E-state index contributed by atoms with van der Waals surface area (Å²) < 4.78 is 15.5. The highest BCUT2D eigenvalue weighted by molar-refractivity contribution is 5.78. The first-order valence-corrected chi connectivity index (χ1v) is 8.08. The van der Waals surface area contributed by atoms with Crippen molar-refractivity contribution in [1.82, 2.24) is 9.55 Å². The zero-order chi connectivity index (χ0) is 18.0. The van der Waals surface area contributed by atoms with Gasteiger partial charge < -0.3 is 10.0 Å². The lowest BCUT2D eigenvalue weighted by molar-refractivity contribution is 0.274. The van der Waals surface area contributed by atoms with Gasteiger partial charge in [0.05, 0.1) is 24.1 Å². The highest BCUT2D eigenvalue weighted by Crippen LogP contribution is 2.18. The van der Waals surface area contributed by atoms with Crippen molar-refractivity contribution in [3.8, 4) is 0 Å². The van der Waals surface area contributed by atoms with E-state index in [1.54, 1.807) is 42.3 Å². The maximum absolute atomic E-state index is 14.1. The van der Waals surface area contributed by atoms with Gasteiger partial charge in [0.2, 0.25) is 5.95 Å². The first-order valence-electron chi connectivity index (χ1n) is 8.08. The summed E-state index contributed by atoms with van der Waals surface area (Å²) in [5.41, 5.74) is 1.85. The number of fused-ring (bicyclic) bond motifs is 1. The first-order chi connectivity index (χ1) is 12.0. The second-order valence-electron chi connectivity index (χ2n) is 6.06. The molecule has 0 spiro atoms. The average molecular weight is 341 g/mol. The van der Waals surface area contributed by atoms with Crippen LogP contribution >= 0.6 is 0 Å². The molecule has 1 heterocycles. The quantitative estimate of drug-likeness (QED) is 0.775. The summed E-state index contributed by atoms with van der Waals surface area (Å²) in [6.45, 7) is 2.12. The van der Waals surface area contributed by atoms with Gasteiger partial charge >= 0.3 is 0 Å². The fraction of sp³-hybridized carbons (Fsp3) is 0.263. The van der Waals surface area contributed by atoms with E-state index in [2.05, 4.69) is 4.98 Å². The minimum atomic E-state index is -0.297. The zero-order valence-electron chi connectivity index (χ0n) is 14.2. The summed E-state index contributed by atoms with van der Waals surface area (Å²) in [6.07, 6.45) is 0. The van der Waals surface area contributed by atoms with Gasteiger partial charge in [0.25, 0.3) is 5.56 Å². The number of aromatic nitrogens is 2. The highest BCUT2D eigenvalue weighted by Gasteiger charge is 2.15. The van der Waals surface area contributed by atoms with Crippen molar-refractivity contribution in [3.63, 3.8) is 0 Å². The van der Waals surface area contributed by atoms with Crippen LogP contribution in [0.4, 0.5) is 10.3 Å². The largest absolute Gasteiger partial charge is 0.395 e. The summed E-state index contributed by atoms with van der Waals surface area (Å²) in [7, 11) is 1.76. The molecule has 1 N–H and O–H groups in total. The topological polar surface area (TPSA) is 58.4 Å². The zero-order valence-corrected chi connectivity index (χ0v) is 14.2. The minimum absolute atomic E-state index is 0.132. The van der Waals surface area contributed by atoms with Crippen molar-refractivity contribution in [1.29, 1.82) is 0 Å². The number of aryl methyl sites for hydroxylation is 1. The summed E-state index contributed by atoms with van der Waals surface area (Å²) in [4.78, 5) is 19.0. The predicted molar refractivity (Wildman–Crippen MR) is 96.3 cm³/mol. The normalized spacial score (nSPS) is 11.0. The van der Waals surface area contributed by atoms with Gasteiger partial charge in [0.1, 0.15) is 5.82 Å². The van der Waals surface area contributed by atoms with Crippen LogP contribution in [0.15, 0.2) is 47.3 Å². The first kappa shape index (κ1) is 17.1. The van der Waals surface area contributed by atoms with Crippen LogP contribution in [-0.4, -0.2) is 28.3 Å². The van der Waals surface area contributed by atoms with Crippen LogP contribution in [0.2, 0.25) is 0 Å². The van der Waals surface area contributed by atoms with Crippen LogP contribution in [0.5, 0.6) is 0 Å². The molecule has 3 rings (SSSR count). The molecule has 1 aromatic heterocycles. The van der Waals surface area contributed by atoms with Gasteiger partial charge in [-0.3, -0.25) is 9.36 Å². The van der Waals surface area contributed by atoms with Gasteiger partial charge in [-0.05, 0) is 25.1 Å². The second kappa shape index (κ2) is 7.03. The standard InChI is InChI=1S/C19H20FN3O2/c1-13-7-8-16(20)14(11-13)12-22(2)19-21-17-6-4-3-5-15(17)18(25)23(19)9-10-24/h3-8,11,24H,9-10,12H2,1-2H3. The number of hydrogen-bond acceptors (Lipinski definition) is 4. The Labute approximate surface area is 145 Å². The Morgan fingerprint density at radius 3 is 2.76 bits per heavy atom. The SMILES string of the molecule is Cc1ccc(F)c(CN(C)c2nc3ccccc3c(=O)n2CCO)c1. The summed E-state index contributed by atoms with van der Waals surface area (Å²) in [6, 6.07) is 12.0. The van der Waals surface area contributed by atoms with Crippen molar-refractivity contribution >= 4 is 16.9 Å². The van der Waals surface area contributed by atoms with Gasteiger partial charge in [-0.25, -0.2) is 9.37 Å². The molecule has 2 aromatic carbocycles. The third-order valence-corrected chi connectivity index (χ3v) is 4.12. The molecule has 0 aliphatic rings. The van der Waals surface area contributed by atoms with E-state index >= 15 is 0 Å². The molecule has 25 heavy (non-hydrogen) atoms. The Morgan fingerprint density at radius 1 is 1.24 bits per heavy atom. The number of anilines is 1. The summed E-state index contributed by atoms with van der Waals surface area (Å²) >= 11 is 0. The molecule has 3 aromatic rings. The number of benzene rings is 2. The Morgan fingerprint density at radius 2 is 2.00 bits per heavy atom. The van der Waals surface area contributed by atoms with Gasteiger partial charge in [-0.1, -0.05) is 29.8 Å². The third-order valence-electron chi connectivity index (χ3n) is 4.12. The van der Waals surface area contributed by atoms with Crippen molar-refractivity contribution in [2.24, 2.45) is 0 Å². The van der Waals surface area contributed by atoms with Crippen LogP contribution < -0.4 is 10.5 Å². The average Bonchev–Trinajstić information content (AvgIpc) is 2.60. The molecule has 6 heteroatoms. The lowest BCUT2D eigenvalue weighted by Gasteiger charge is -2.23. The van der Waals surface area contributed by atoms with E-state index in [-0.39, 0.29) is 31.1 Å². The van der Waals surface area contributed by atoms with Gasteiger partial charge in [-0.2, -0.15) is 0 Å². The molecule has 0 fully saturated rings. The number of hydrogen-bond donors (Lipinski definition) is 1. The molecule has 0 bridgehead atoms. The Hall–Kier alpha value is -2.73. The third kappa shape index (κ3) is 3.39. The molecule has 0 unspecified atom stereocenters. The molecule has 0 saturated carbocycles. The van der Waals surface area contributed by atoms with E-state index in [1.165, 1.54) is 10.6 Å². The predicted octanol–water partition coefficient (Wildman–Crippen LogP) is 2.47. The molecule has 5 nitrogen and oxygen atoms in total. The minimum Gasteiger partial charge on any atom is -0.395 e. The van der Waals surface area contributed by atoms with Crippen LogP contribution in [0.25, 0.3) is 10.9 Å². The molecule has 0 radical (unpaired) electrons. The highest BCUT2D eigenvalue weighted by atomic mass is 19.1. The van der Waals surface area contributed by atoms with Crippen LogP contribution in [0, 0.1) is 12.7 Å². The molecule has 0 saturated heterocycles. The maximum atomic E-state index is 14.1. The van der Waals surface area contributed by atoms with Crippen molar-refractivity contribution in [3.05, 3.63) is 69.8 Å². The van der Waals surface area contributed by atoms with Gasteiger partial charge in [0, 0.05) is 19.2 Å². The lowest BCUT2D eigenvalue weighted by Crippen LogP contribution is -2.31. The van der Waals surface area contributed by atoms with Crippen LogP contribution in [0.1, 0.15) is 11.1 Å². The van der Waals surface area contributed by atoms with E-state index in [9.17, 15) is 14.3 Å². The maximum Gasteiger partial charge on any atom is 0.262 e. The number of halogens is 1. The van der Waals surface area contributed by atoms with Crippen molar-refractivity contribution in [2.45, 2.75) is 20.0 Å². The fourth-order valence-corrected chi connectivity index (χ4v) is 2.90. The smallest absolute Gasteiger partial charge is 0.262 e. The van der Waals surface area contributed by atoms with E-state index < -0.39 is 0 Å². The summed E-state index contributed by atoms with van der Waals surface area (Å²) in [5, 5.41) is 9.82. The summed E-state index contributed by atoms with van der Waals surface area (Å²) in [5.74, 6) is 0.105. The lowest BCUT2D eigenvalue weighted by atomic mass is 10.1. The van der Waals surface area contributed by atoms with Gasteiger partial charge in [-0.15, -0.1) is 0 Å². The Balaban J connectivity index is 2.08. The van der Waals surface area contributed by atoms with E-state index in [0.29, 0.717) is 22.4 Å². The molecule has 0 aliphatic heterocycles. The van der Waals surface area contributed by atoms with Crippen LogP contribution in [0.3, 0.4) is 0 Å². The van der Waals surface area contributed by atoms with Crippen molar-refractivity contribution < 1.29 is 9.50 Å². The second-order valence-corrected chi connectivity index (χ2v) is 6.06. The molecule has 130 valence electrons. The number of nitrogens with zero attached hydrogens (tertiary/aromatic N) is 3. The fourth-order valence-electron chi connectivity index (χ4n) is 2.90.